The molecular weight excluding hydrogens is 230 g/mol. The van der Waals surface area contributed by atoms with Crippen molar-refractivity contribution in [3.8, 4) is 11.1 Å². The van der Waals surface area contributed by atoms with Crippen LogP contribution in [0.3, 0.4) is 0 Å². The van der Waals surface area contributed by atoms with Crippen LogP contribution in [0.5, 0.6) is 0 Å². The van der Waals surface area contributed by atoms with E-state index >= 15 is 0 Å². The minimum atomic E-state index is -0.976. The Labute approximate surface area is 104 Å². The maximum atomic E-state index is 11.3. The van der Waals surface area contributed by atoms with Gasteiger partial charge in [-0.05, 0) is 25.3 Å². The molecule has 1 aliphatic heterocycles. The molecule has 1 aliphatic rings. The summed E-state index contributed by atoms with van der Waals surface area (Å²) in [6, 6.07) is 3.69. The lowest BCUT2D eigenvalue weighted by Gasteiger charge is -2.14. The largest absolute Gasteiger partial charge is 0.476 e. The summed E-state index contributed by atoms with van der Waals surface area (Å²) in [5.41, 5.74) is 2.72. The highest BCUT2D eigenvalue weighted by molar-refractivity contribution is 5.94. The second-order valence-corrected chi connectivity index (χ2v) is 4.40. The van der Waals surface area contributed by atoms with Crippen LogP contribution >= 0.6 is 0 Å². The number of pyridine rings is 1. The lowest BCUT2D eigenvalue weighted by molar-refractivity contribution is 0.0690. The predicted octanol–water partition coefficient (Wildman–Crippen LogP) is 1.98. The molecule has 0 saturated heterocycles. The van der Waals surface area contributed by atoms with E-state index in [9.17, 15) is 9.90 Å². The SMILES string of the molecule is O=C(O)c1nn2c(c1-c1cccnc1)CCCC2. The van der Waals surface area contributed by atoms with Gasteiger partial charge in [-0.1, -0.05) is 6.07 Å². The molecule has 0 radical (unpaired) electrons. The summed E-state index contributed by atoms with van der Waals surface area (Å²) < 4.78 is 1.83. The number of aryl methyl sites for hydroxylation is 1. The van der Waals surface area contributed by atoms with Crippen LogP contribution in [0.25, 0.3) is 11.1 Å². The van der Waals surface area contributed by atoms with Crippen LogP contribution in [-0.2, 0) is 13.0 Å². The summed E-state index contributed by atoms with van der Waals surface area (Å²) in [4.78, 5) is 15.4. The Morgan fingerprint density at radius 2 is 2.28 bits per heavy atom. The highest BCUT2D eigenvalue weighted by Gasteiger charge is 2.25. The lowest BCUT2D eigenvalue weighted by Crippen LogP contribution is -2.11. The molecule has 0 aliphatic carbocycles. The molecule has 2 aromatic heterocycles. The van der Waals surface area contributed by atoms with Crippen LogP contribution in [0.1, 0.15) is 29.0 Å². The third-order valence-corrected chi connectivity index (χ3v) is 3.24. The van der Waals surface area contributed by atoms with Gasteiger partial charge in [0.1, 0.15) is 0 Å². The van der Waals surface area contributed by atoms with Crippen molar-refractivity contribution >= 4 is 5.97 Å². The number of carboxylic acid groups (broad SMARTS) is 1. The molecule has 0 fully saturated rings. The smallest absolute Gasteiger partial charge is 0.357 e. The van der Waals surface area contributed by atoms with Crippen molar-refractivity contribution < 1.29 is 9.90 Å². The van der Waals surface area contributed by atoms with Gasteiger partial charge < -0.3 is 5.11 Å². The predicted molar refractivity (Wildman–Crippen MR) is 65.4 cm³/mol. The van der Waals surface area contributed by atoms with Crippen molar-refractivity contribution in [2.45, 2.75) is 25.8 Å². The van der Waals surface area contributed by atoms with E-state index in [1.807, 2.05) is 16.8 Å². The Morgan fingerprint density at radius 1 is 1.39 bits per heavy atom. The maximum Gasteiger partial charge on any atom is 0.357 e. The van der Waals surface area contributed by atoms with E-state index in [-0.39, 0.29) is 5.69 Å². The number of hydrogen-bond acceptors (Lipinski definition) is 3. The van der Waals surface area contributed by atoms with Crippen molar-refractivity contribution in [1.29, 1.82) is 0 Å². The van der Waals surface area contributed by atoms with Crippen molar-refractivity contribution in [2.24, 2.45) is 0 Å². The molecule has 1 N–H and O–H groups in total. The average Bonchev–Trinajstić information content (AvgIpc) is 2.79. The lowest BCUT2D eigenvalue weighted by atomic mass is 10.00. The minimum absolute atomic E-state index is 0.139. The molecule has 0 aromatic carbocycles. The highest BCUT2D eigenvalue weighted by Crippen LogP contribution is 2.30. The van der Waals surface area contributed by atoms with Crippen molar-refractivity contribution in [2.75, 3.05) is 0 Å². The Morgan fingerprint density at radius 3 is 3.00 bits per heavy atom. The molecule has 0 unspecified atom stereocenters. The van der Waals surface area contributed by atoms with Crippen LogP contribution in [0.4, 0.5) is 0 Å². The number of carbonyl (C=O) groups is 1. The van der Waals surface area contributed by atoms with Gasteiger partial charge in [-0.15, -0.1) is 0 Å². The van der Waals surface area contributed by atoms with E-state index in [4.69, 9.17) is 0 Å². The first-order valence-corrected chi connectivity index (χ1v) is 6.01. The van der Waals surface area contributed by atoms with E-state index in [2.05, 4.69) is 10.1 Å². The normalized spacial score (nSPS) is 14.2. The number of nitrogens with zero attached hydrogens (tertiary/aromatic N) is 3. The first kappa shape index (κ1) is 11.0. The van der Waals surface area contributed by atoms with Crippen LogP contribution in [0, 0.1) is 0 Å². The third kappa shape index (κ3) is 1.68. The Balaban J connectivity index is 2.23. The quantitative estimate of drug-likeness (QED) is 0.875. The van der Waals surface area contributed by atoms with Gasteiger partial charge in [-0.2, -0.15) is 5.10 Å². The minimum Gasteiger partial charge on any atom is -0.476 e. The summed E-state index contributed by atoms with van der Waals surface area (Å²) in [5.74, 6) is -0.976. The standard InChI is InChI=1S/C13H13N3O2/c17-13(18)12-11(9-4-3-6-14-8-9)10-5-1-2-7-16(10)15-12/h3-4,6,8H,1-2,5,7H2,(H,17,18). The molecule has 5 nitrogen and oxygen atoms in total. The molecule has 3 heterocycles. The van der Waals surface area contributed by atoms with E-state index in [1.54, 1.807) is 12.4 Å². The van der Waals surface area contributed by atoms with E-state index < -0.39 is 5.97 Å². The van der Waals surface area contributed by atoms with Gasteiger partial charge in [0.15, 0.2) is 5.69 Å². The summed E-state index contributed by atoms with van der Waals surface area (Å²) in [5, 5.41) is 13.5. The molecule has 18 heavy (non-hydrogen) atoms. The summed E-state index contributed by atoms with van der Waals surface area (Å²) in [6.45, 7) is 0.801. The van der Waals surface area contributed by atoms with Gasteiger partial charge in [0.25, 0.3) is 0 Å². The van der Waals surface area contributed by atoms with Gasteiger partial charge in [0.2, 0.25) is 0 Å². The van der Waals surface area contributed by atoms with Gasteiger partial charge in [0.05, 0.1) is 0 Å². The zero-order valence-electron chi connectivity index (χ0n) is 9.83. The molecule has 5 heteroatoms. The average molecular weight is 243 g/mol. The fourth-order valence-corrected chi connectivity index (χ4v) is 2.45. The molecule has 0 amide bonds. The molecule has 0 spiro atoms. The van der Waals surface area contributed by atoms with E-state index in [0.717, 1.165) is 42.6 Å². The number of hydrogen-bond donors (Lipinski definition) is 1. The molecule has 0 bridgehead atoms. The monoisotopic (exact) mass is 243 g/mol. The van der Waals surface area contributed by atoms with Gasteiger partial charge in [0, 0.05) is 35.8 Å². The first-order chi connectivity index (χ1) is 8.77. The fraction of sp³-hybridized carbons (Fsp3) is 0.308. The molecule has 92 valence electrons. The fourth-order valence-electron chi connectivity index (χ4n) is 2.45. The zero-order chi connectivity index (χ0) is 12.5. The Bertz CT molecular complexity index is 590. The second kappa shape index (κ2) is 4.25. The Kier molecular flexibility index (Phi) is 2.59. The van der Waals surface area contributed by atoms with E-state index in [0.29, 0.717) is 0 Å². The second-order valence-electron chi connectivity index (χ2n) is 4.40. The highest BCUT2D eigenvalue weighted by atomic mass is 16.4. The number of fused-ring (bicyclic) bond motifs is 1. The first-order valence-electron chi connectivity index (χ1n) is 6.01. The topological polar surface area (TPSA) is 68.0 Å². The zero-order valence-corrected chi connectivity index (χ0v) is 9.83. The Hall–Kier alpha value is -2.17. The van der Waals surface area contributed by atoms with E-state index in [1.165, 1.54) is 0 Å². The third-order valence-electron chi connectivity index (χ3n) is 3.24. The molecular formula is C13H13N3O2. The van der Waals surface area contributed by atoms with Crippen LogP contribution in [-0.4, -0.2) is 25.8 Å². The molecule has 3 rings (SSSR count). The van der Waals surface area contributed by atoms with Crippen molar-refractivity contribution in [3.05, 3.63) is 35.9 Å². The number of aromatic nitrogens is 3. The number of carboxylic acids is 1. The summed E-state index contributed by atoms with van der Waals surface area (Å²) >= 11 is 0. The van der Waals surface area contributed by atoms with Crippen molar-refractivity contribution in [3.63, 3.8) is 0 Å². The molecule has 0 saturated carbocycles. The van der Waals surface area contributed by atoms with Gasteiger partial charge in [-0.25, -0.2) is 4.79 Å². The number of aromatic carboxylic acids is 1. The summed E-state index contributed by atoms with van der Waals surface area (Å²) in [7, 11) is 0. The van der Waals surface area contributed by atoms with Crippen molar-refractivity contribution in [1.82, 2.24) is 14.8 Å². The van der Waals surface area contributed by atoms with Crippen LogP contribution < -0.4 is 0 Å². The molecule has 0 atom stereocenters. The maximum absolute atomic E-state index is 11.3. The van der Waals surface area contributed by atoms with Crippen LogP contribution in [0.15, 0.2) is 24.5 Å². The van der Waals surface area contributed by atoms with Crippen LogP contribution in [0.2, 0.25) is 0 Å². The van der Waals surface area contributed by atoms with Gasteiger partial charge >= 0.3 is 5.97 Å². The summed E-state index contributed by atoms with van der Waals surface area (Å²) in [6.07, 6.45) is 6.39. The number of rotatable bonds is 2. The molecule has 2 aromatic rings. The van der Waals surface area contributed by atoms with Gasteiger partial charge in [-0.3, -0.25) is 9.67 Å².